The van der Waals surface area contributed by atoms with E-state index in [9.17, 15) is 9.59 Å². The number of likely N-dealkylation sites (tertiary alicyclic amines) is 1. The normalized spacial score (nSPS) is 16.0. The lowest BCUT2D eigenvalue weighted by Gasteiger charge is -2.30. The maximum absolute atomic E-state index is 12.0. The van der Waals surface area contributed by atoms with Crippen molar-refractivity contribution < 1.29 is 9.59 Å². The monoisotopic (exact) mass is 274 g/mol. The predicted molar refractivity (Wildman–Crippen MR) is 78.5 cm³/mol. The van der Waals surface area contributed by atoms with E-state index >= 15 is 0 Å². The van der Waals surface area contributed by atoms with Gasteiger partial charge in [-0.1, -0.05) is 25.1 Å². The fourth-order valence-corrected chi connectivity index (χ4v) is 2.45. The summed E-state index contributed by atoms with van der Waals surface area (Å²) in [4.78, 5) is 25.9. The highest BCUT2D eigenvalue weighted by Gasteiger charge is 2.20. The summed E-state index contributed by atoms with van der Waals surface area (Å²) in [6, 6.07) is 7.39. The first kappa shape index (κ1) is 14.6. The van der Waals surface area contributed by atoms with Crippen LogP contribution in [0.15, 0.2) is 24.3 Å². The molecule has 2 amide bonds. The van der Waals surface area contributed by atoms with Gasteiger partial charge in [0, 0.05) is 18.7 Å². The molecule has 0 aliphatic carbocycles. The van der Waals surface area contributed by atoms with E-state index in [0.29, 0.717) is 11.5 Å². The predicted octanol–water partition coefficient (Wildman–Crippen LogP) is 1.98. The van der Waals surface area contributed by atoms with Crippen molar-refractivity contribution in [3.05, 3.63) is 35.4 Å². The van der Waals surface area contributed by atoms with Crippen molar-refractivity contribution in [1.29, 1.82) is 0 Å². The van der Waals surface area contributed by atoms with Crippen molar-refractivity contribution in [2.24, 2.45) is 5.92 Å². The van der Waals surface area contributed by atoms with Crippen LogP contribution >= 0.6 is 0 Å². The molecular formula is C16H22N2O2. The Kier molecular flexibility index (Phi) is 4.77. The number of carbonyl (C=O) groups excluding carboxylic acids is 2. The molecule has 0 radical (unpaired) electrons. The van der Waals surface area contributed by atoms with Crippen LogP contribution < -0.4 is 5.32 Å². The van der Waals surface area contributed by atoms with Gasteiger partial charge in [-0.25, -0.2) is 0 Å². The third kappa shape index (κ3) is 3.59. The summed E-state index contributed by atoms with van der Waals surface area (Å²) in [7, 11) is 0. The lowest BCUT2D eigenvalue weighted by Crippen LogP contribution is -2.43. The van der Waals surface area contributed by atoms with Crippen LogP contribution in [0.4, 0.5) is 0 Å². The third-order valence-corrected chi connectivity index (χ3v) is 3.93. The molecule has 20 heavy (non-hydrogen) atoms. The Balaban J connectivity index is 1.84. The first-order valence-corrected chi connectivity index (χ1v) is 7.19. The SMILES string of the molecule is Cc1ccccc1C(=O)NCC(=O)N1CCC(C)CC1. The van der Waals surface area contributed by atoms with Gasteiger partial charge in [0.15, 0.2) is 0 Å². The Morgan fingerprint density at radius 1 is 1.25 bits per heavy atom. The topological polar surface area (TPSA) is 49.4 Å². The minimum absolute atomic E-state index is 0.0128. The molecule has 1 aromatic carbocycles. The summed E-state index contributed by atoms with van der Waals surface area (Å²) in [5, 5.41) is 2.72. The minimum Gasteiger partial charge on any atom is -0.343 e. The van der Waals surface area contributed by atoms with Crippen LogP contribution in [0.1, 0.15) is 35.7 Å². The van der Waals surface area contributed by atoms with Gasteiger partial charge in [0.25, 0.3) is 5.91 Å². The van der Waals surface area contributed by atoms with Crippen LogP contribution in [0.2, 0.25) is 0 Å². The molecule has 1 heterocycles. The smallest absolute Gasteiger partial charge is 0.251 e. The Bertz CT molecular complexity index is 491. The standard InChI is InChI=1S/C16H22N2O2/c1-12-7-9-18(10-8-12)15(19)11-17-16(20)14-6-4-3-5-13(14)2/h3-6,12H,7-11H2,1-2H3,(H,17,20). The van der Waals surface area contributed by atoms with E-state index < -0.39 is 0 Å². The molecule has 4 nitrogen and oxygen atoms in total. The lowest BCUT2D eigenvalue weighted by molar-refractivity contribution is -0.131. The van der Waals surface area contributed by atoms with Crippen molar-refractivity contribution in [3.63, 3.8) is 0 Å². The van der Waals surface area contributed by atoms with Gasteiger partial charge in [0.2, 0.25) is 5.91 Å². The van der Waals surface area contributed by atoms with Crippen molar-refractivity contribution in [2.75, 3.05) is 19.6 Å². The van der Waals surface area contributed by atoms with Gasteiger partial charge in [-0.3, -0.25) is 9.59 Å². The Morgan fingerprint density at radius 3 is 2.55 bits per heavy atom. The molecule has 0 aromatic heterocycles. The van der Waals surface area contributed by atoms with Gasteiger partial charge in [0.1, 0.15) is 0 Å². The second-order valence-corrected chi connectivity index (χ2v) is 5.56. The summed E-state index contributed by atoms with van der Waals surface area (Å²) < 4.78 is 0. The quantitative estimate of drug-likeness (QED) is 0.916. The van der Waals surface area contributed by atoms with E-state index in [4.69, 9.17) is 0 Å². The van der Waals surface area contributed by atoms with Gasteiger partial charge in [0.05, 0.1) is 6.54 Å². The summed E-state index contributed by atoms with van der Waals surface area (Å²) in [5.41, 5.74) is 1.55. The zero-order valence-corrected chi connectivity index (χ0v) is 12.2. The van der Waals surface area contributed by atoms with Crippen molar-refractivity contribution in [3.8, 4) is 0 Å². The van der Waals surface area contributed by atoms with Crippen LogP contribution in [0.25, 0.3) is 0 Å². The van der Waals surface area contributed by atoms with E-state index in [2.05, 4.69) is 12.2 Å². The number of piperidine rings is 1. The van der Waals surface area contributed by atoms with Gasteiger partial charge < -0.3 is 10.2 Å². The number of benzene rings is 1. The van der Waals surface area contributed by atoms with Crippen molar-refractivity contribution in [2.45, 2.75) is 26.7 Å². The maximum Gasteiger partial charge on any atom is 0.251 e. The van der Waals surface area contributed by atoms with E-state index in [-0.39, 0.29) is 18.4 Å². The average molecular weight is 274 g/mol. The number of nitrogens with one attached hydrogen (secondary N) is 1. The number of aryl methyl sites for hydroxylation is 1. The first-order valence-electron chi connectivity index (χ1n) is 7.19. The van der Waals surface area contributed by atoms with Crippen LogP contribution in [0, 0.1) is 12.8 Å². The molecule has 108 valence electrons. The Morgan fingerprint density at radius 2 is 1.90 bits per heavy atom. The summed E-state index contributed by atoms with van der Waals surface area (Å²) in [6.07, 6.45) is 2.11. The largest absolute Gasteiger partial charge is 0.343 e. The molecule has 0 bridgehead atoms. The molecule has 0 atom stereocenters. The molecule has 2 rings (SSSR count). The molecule has 1 aliphatic rings. The van der Waals surface area contributed by atoms with Crippen LogP contribution in [0.5, 0.6) is 0 Å². The van der Waals surface area contributed by atoms with Gasteiger partial charge >= 0.3 is 0 Å². The fraction of sp³-hybridized carbons (Fsp3) is 0.500. The molecular weight excluding hydrogens is 252 g/mol. The number of hydrogen-bond acceptors (Lipinski definition) is 2. The second kappa shape index (κ2) is 6.55. The van der Waals surface area contributed by atoms with Crippen molar-refractivity contribution >= 4 is 11.8 Å². The molecule has 0 spiro atoms. The number of carbonyl (C=O) groups is 2. The maximum atomic E-state index is 12.0. The second-order valence-electron chi connectivity index (χ2n) is 5.56. The Labute approximate surface area is 120 Å². The number of hydrogen-bond donors (Lipinski definition) is 1. The summed E-state index contributed by atoms with van der Waals surface area (Å²) in [6.45, 7) is 5.80. The van der Waals surface area contributed by atoms with Gasteiger partial charge in [-0.05, 0) is 37.3 Å². The highest BCUT2D eigenvalue weighted by Crippen LogP contribution is 2.15. The molecule has 1 N–H and O–H groups in total. The fourth-order valence-electron chi connectivity index (χ4n) is 2.45. The molecule has 4 heteroatoms. The third-order valence-electron chi connectivity index (χ3n) is 3.93. The van der Waals surface area contributed by atoms with E-state index in [1.54, 1.807) is 6.07 Å². The zero-order chi connectivity index (χ0) is 14.5. The first-order chi connectivity index (χ1) is 9.58. The average Bonchev–Trinajstić information content (AvgIpc) is 2.45. The number of nitrogens with zero attached hydrogens (tertiary/aromatic N) is 1. The van der Waals surface area contributed by atoms with E-state index in [0.717, 1.165) is 31.5 Å². The number of amides is 2. The molecule has 1 saturated heterocycles. The number of rotatable bonds is 3. The van der Waals surface area contributed by atoms with Crippen LogP contribution in [-0.2, 0) is 4.79 Å². The Hall–Kier alpha value is -1.84. The van der Waals surface area contributed by atoms with Crippen LogP contribution in [-0.4, -0.2) is 36.3 Å². The minimum atomic E-state index is -0.179. The molecule has 1 aliphatic heterocycles. The van der Waals surface area contributed by atoms with E-state index in [1.165, 1.54) is 0 Å². The highest BCUT2D eigenvalue weighted by atomic mass is 16.2. The highest BCUT2D eigenvalue weighted by molar-refractivity contribution is 5.97. The van der Waals surface area contributed by atoms with Gasteiger partial charge in [-0.15, -0.1) is 0 Å². The molecule has 1 aromatic rings. The molecule has 0 unspecified atom stereocenters. The summed E-state index contributed by atoms with van der Waals surface area (Å²) in [5.74, 6) is 0.529. The molecule has 1 fully saturated rings. The molecule has 0 saturated carbocycles. The lowest BCUT2D eigenvalue weighted by atomic mass is 9.99. The van der Waals surface area contributed by atoms with Crippen molar-refractivity contribution in [1.82, 2.24) is 10.2 Å². The zero-order valence-electron chi connectivity index (χ0n) is 12.2. The van der Waals surface area contributed by atoms with Crippen LogP contribution in [0.3, 0.4) is 0 Å². The van der Waals surface area contributed by atoms with Gasteiger partial charge in [-0.2, -0.15) is 0 Å². The summed E-state index contributed by atoms with van der Waals surface area (Å²) >= 11 is 0. The van der Waals surface area contributed by atoms with E-state index in [1.807, 2.05) is 30.0 Å².